The molecule has 0 amide bonds. The molecular weight excluding hydrogens is 522 g/mol. The first-order valence-electron chi connectivity index (χ1n) is 11.4. The van der Waals surface area contributed by atoms with E-state index >= 15 is 0 Å². The fourth-order valence-corrected chi connectivity index (χ4v) is 11.4. The van der Waals surface area contributed by atoms with E-state index < -0.39 is 23.2 Å². The van der Waals surface area contributed by atoms with Crippen molar-refractivity contribution in [1.29, 1.82) is 0 Å². The van der Waals surface area contributed by atoms with Gasteiger partial charge in [-0.25, -0.2) is 0 Å². The van der Waals surface area contributed by atoms with Crippen LogP contribution >= 0.6 is 0 Å². The van der Waals surface area contributed by atoms with Gasteiger partial charge in [0.05, 0.1) is 0 Å². The number of fused-ring (bicyclic) bond motifs is 12. The van der Waals surface area contributed by atoms with Gasteiger partial charge in [0.2, 0.25) is 0 Å². The first-order chi connectivity index (χ1) is 15.2. The van der Waals surface area contributed by atoms with Crippen LogP contribution in [0.25, 0.3) is 32.7 Å². The van der Waals surface area contributed by atoms with Gasteiger partial charge < -0.3 is 24.8 Å². The van der Waals surface area contributed by atoms with Gasteiger partial charge in [-0.1, -0.05) is 0 Å². The average molecular weight is 547 g/mol. The van der Waals surface area contributed by atoms with E-state index in [0.29, 0.717) is 7.25 Å². The van der Waals surface area contributed by atoms with Crippen molar-refractivity contribution < 1.29 is 48.0 Å². The van der Waals surface area contributed by atoms with Crippen LogP contribution in [-0.4, -0.2) is 0 Å². The Bertz CT molecular complexity index is 1380. The van der Waals surface area contributed by atoms with Crippen molar-refractivity contribution in [2.75, 3.05) is 0 Å². The largest absolute Gasteiger partial charge is 1.00 e. The van der Waals surface area contributed by atoms with E-state index in [2.05, 4.69) is 86.6 Å². The summed E-state index contributed by atoms with van der Waals surface area (Å²) in [7, 11) is 0. The van der Waals surface area contributed by atoms with Crippen LogP contribution in [0.2, 0.25) is 0 Å². The number of hydrogen-bond acceptors (Lipinski definition) is 0. The van der Waals surface area contributed by atoms with Crippen LogP contribution in [0.3, 0.4) is 0 Å². The molecule has 0 spiro atoms. The quantitative estimate of drug-likeness (QED) is 0.318. The Hall–Kier alpha value is -1.66. The maximum atomic E-state index is 2.47. The number of halogens is 2. The van der Waals surface area contributed by atoms with E-state index in [1.54, 1.807) is 44.5 Å². The summed E-state index contributed by atoms with van der Waals surface area (Å²) < 4.78 is 1.41. The van der Waals surface area contributed by atoms with Crippen molar-refractivity contribution in [1.82, 2.24) is 0 Å². The molecule has 0 N–H and O–H groups in total. The van der Waals surface area contributed by atoms with Crippen molar-refractivity contribution in [3.05, 3.63) is 106 Å². The Morgan fingerprint density at radius 1 is 0.576 bits per heavy atom. The molecule has 0 aromatic heterocycles. The third-order valence-corrected chi connectivity index (χ3v) is 13.2. The van der Waals surface area contributed by atoms with Crippen LogP contribution in [0.5, 0.6) is 0 Å². The third kappa shape index (κ3) is 3.20. The topological polar surface area (TPSA) is 0 Å². The Morgan fingerprint density at radius 3 is 1.45 bits per heavy atom. The summed E-state index contributed by atoms with van der Waals surface area (Å²) in [5.74, 6) is 0. The molecular formula is C30H24Cl2Zr. The van der Waals surface area contributed by atoms with E-state index in [1.807, 2.05) is 0 Å². The standard InChI is InChI=1S/C30H24.2ClH.Zr/c1-19-17-23-13-11-21-7-3-5-9-27(21)29(23)25(19)15-16-26-20(2)18-24-14-12-22-8-4-6-10-28(22)30(24)26;;;/h3-14,17-18H,15-16H2,1-2H3;2*1H;/q;;;+2/p-2. The van der Waals surface area contributed by atoms with Gasteiger partial charge in [0, 0.05) is 0 Å². The SMILES string of the molecule is CC1=C2CCC3=C(C)[CH]([Zr+2][CH]1c1ccc4ccccc4c12)c1ccc2ccccc2c13.[Cl-].[Cl-]. The van der Waals surface area contributed by atoms with E-state index in [-0.39, 0.29) is 24.8 Å². The molecule has 1 heterocycles. The van der Waals surface area contributed by atoms with Gasteiger partial charge in [-0.05, 0) is 0 Å². The van der Waals surface area contributed by atoms with Crippen molar-refractivity contribution in [2.45, 2.75) is 33.9 Å². The summed E-state index contributed by atoms with van der Waals surface area (Å²) in [5.41, 5.74) is 13.2. The molecule has 33 heavy (non-hydrogen) atoms. The van der Waals surface area contributed by atoms with Gasteiger partial charge in [0.25, 0.3) is 0 Å². The molecule has 0 fully saturated rings. The van der Waals surface area contributed by atoms with Crippen LogP contribution in [0.4, 0.5) is 0 Å². The number of hydrogen-bond donors (Lipinski definition) is 0. The van der Waals surface area contributed by atoms with Crippen LogP contribution in [0.15, 0.2) is 83.9 Å². The summed E-state index contributed by atoms with van der Waals surface area (Å²) in [6, 6.07) is 27.7. The van der Waals surface area contributed by atoms with Gasteiger partial charge in [-0.15, -0.1) is 0 Å². The first kappa shape index (κ1) is 23.1. The zero-order valence-corrected chi connectivity index (χ0v) is 22.7. The fraction of sp³-hybridized carbons (Fsp3) is 0.200. The molecule has 2 aliphatic carbocycles. The van der Waals surface area contributed by atoms with Gasteiger partial charge in [-0.3, -0.25) is 0 Å². The van der Waals surface area contributed by atoms with Crippen LogP contribution < -0.4 is 24.8 Å². The predicted octanol–water partition coefficient (Wildman–Crippen LogP) is 2.23. The van der Waals surface area contributed by atoms with Crippen molar-refractivity contribution in [3.8, 4) is 0 Å². The molecule has 0 saturated heterocycles. The smallest absolute Gasteiger partial charge is 1.00 e. The van der Waals surface area contributed by atoms with E-state index in [0.717, 1.165) is 0 Å². The van der Waals surface area contributed by atoms with Crippen LogP contribution in [0.1, 0.15) is 56.2 Å². The summed E-state index contributed by atoms with van der Waals surface area (Å²) in [6.07, 6.45) is 2.34. The molecule has 4 aromatic carbocycles. The molecule has 0 radical (unpaired) electrons. The average Bonchev–Trinajstić information content (AvgIpc) is 3.24. The summed E-state index contributed by atoms with van der Waals surface area (Å²) in [5, 5.41) is 5.72. The maximum Gasteiger partial charge on any atom is -1.00 e. The Labute approximate surface area is 219 Å². The Kier molecular flexibility index (Phi) is 5.97. The zero-order valence-electron chi connectivity index (χ0n) is 18.8. The molecule has 1 aliphatic heterocycles. The first-order valence-corrected chi connectivity index (χ1v) is 14.3. The van der Waals surface area contributed by atoms with Gasteiger partial charge >= 0.3 is 196 Å². The van der Waals surface area contributed by atoms with Crippen LogP contribution in [-0.2, 0) is 23.2 Å². The molecule has 2 atom stereocenters. The monoisotopic (exact) mass is 544 g/mol. The molecule has 0 saturated carbocycles. The third-order valence-electron chi connectivity index (χ3n) is 7.92. The molecule has 0 nitrogen and oxygen atoms in total. The van der Waals surface area contributed by atoms with Crippen LogP contribution in [0, 0.1) is 0 Å². The van der Waals surface area contributed by atoms with Gasteiger partial charge in [-0.2, -0.15) is 0 Å². The molecule has 3 aliphatic rings. The predicted molar refractivity (Wildman–Crippen MR) is 128 cm³/mol. The number of rotatable bonds is 0. The second-order valence-electron chi connectivity index (χ2n) is 9.36. The molecule has 4 aromatic rings. The van der Waals surface area contributed by atoms with E-state index in [9.17, 15) is 0 Å². The fourth-order valence-electron chi connectivity index (χ4n) is 6.43. The normalized spacial score (nSPS) is 20.1. The molecule has 4 bridgehead atoms. The minimum absolute atomic E-state index is 0. The number of allylic oxidation sites excluding steroid dienone is 4. The molecule has 162 valence electrons. The Morgan fingerprint density at radius 2 is 1.00 bits per heavy atom. The van der Waals surface area contributed by atoms with E-state index in [1.165, 1.54) is 34.4 Å². The van der Waals surface area contributed by atoms with Crippen molar-refractivity contribution >= 4 is 32.7 Å². The van der Waals surface area contributed by atoms with Crippen molar-refractivity contribution in [2.24, 2.45) is 0 Å². The molecule has 2 unspecified atom stereocenters. The minimum atomic E-state index is -0.782. The second kappa shape index (κ2) is 8.53. The van der Waals surface area contributed by atoms with Gasteiger partial charge in [0.15, 0.2) is 0 Å². The van der Waals surface area contributed by atoms with Gasteiger partial charge in [0.1, 0.15) is 0 Å². The van der Waals surface area contributed by atoms with E-state index in [4.69, 9.17) is 0 Å². The zero-order chi connectivity index (χ0) is 20.7. The molecule has 3 heteroatoms. The minimum Gasteiger partial charge on any atom is -1.00 e. The van der Waals surface area contributed by atoms with Crippen molar-refractivity contribution in [3.63, 3.8) is 0 Å². The summed E-state index contributed by atoms with van der Waals surface area (Å²) in [6.45, 7) is 4.91. The Balaban J connectivity index is 0.00000114. The molecule has 7 rings (SSSR count). The maximum absolute atomic E-state index is 2.47. The second-order valence-corrected chi connectivity index (χ2v) is 13.0. The summed E-state index contributed by atoms with van der Waals surface area (Å²) in [4.78, 5) is 0. The summed E-state index contributed by atoms with van der Waals surface area (Å²) >= 11 is -0.782. The number of benzene rings is 4.